The van der Waals surface area contributed by atoms with Gasteiger partial charge in [0.15, 0.2) is 5.78 Å². The van der Waals surface area contributed by atoms with Crippen LogP contribution >= 0.6 is 11.6 Å². The van der Waals surface area contributed by atoms with Crippen molar-refractivity contribution in [3.63, 3.8) is 0 Å². The third-order valence-corrected chi connectivity index (χ3v) is 3.89. The maximum absolute atomic E-state index is 12.3. The normalized spacial score (nSPS) is 10.3. The number of methoxy groups -OCH3 is 1. The van der Waals surface area contributed by atoms with Crippen molar-refractivity contribution in [2.45, 2.75) is 26.2 Å². The quantitative estimate of drug-likeness (QED) is 0.643. The zero-order valence-corrected chi connectivity index (χ0v) is 15.6. The van der Waals surface area contributed by atoms with Gasteiger partial charge in [-0.15, -0.1) is 0 Å². The molecule has 138 valence electrons. The fourth-order valence-corrected chi connectivity index (χ4v) is 2.51. The van der Waals surface area contributed by atoms with E-state index in [1.165, 1.54) is 7.11 Å². The summed E-state index contributed by atoms with van der Waals surface area (Å²) in [5.74, 6) is 0.778. The van der Waals surface area contributed by atoms with Gasteiger partial charge in [0.05, 0.1) is 19.3 Å². The van der Waals surface area contributed by atoms with Crippen molar-refractivity contribution in [2.24, 2.45) is 0 Å². The fraction of sp³-hybridized carbons (Fsp3) is 0.300. The highest BCUT2D eigenvalue weighted by Crippen LogP contribution is 2.24. The molecule has 0 unspecified atom stereocenters. The van der Waals surface area contributed by atoms with Gasteiger partial charge in [-0.25, -0.2) is 0 Å². The van der Waals surface area contributed by atoms with E-state index in [9.17, 15) is 9.59 Å². The van der Waals surface area contributed by atoms with E-state index in [0.29, 0.717) is 28.6 Å². The molecule has 0 fully saturated rings. The summed E-state index contributed by atoms with van der Waals surface area (Å²) in [5.41, 5.74) is 1.04. The summed E-state index contributed by atoms with van der Waals surface area (Å²) in [7, 11) is 1.49. The molecule has 2 aromatic carbocycles. The molecule has 1 amide bonds. The van der Waals surface area contributed by atoms with Crippen molar-refractivity contribution in [3.05, 3.63) is 53.1 Å². The Morgan fingerprint density at radius 1 is 1.08 bits per heavy atom. The first-order chi connectivity index (χ1) is 12.5. The van der Waals surface area contributed by atoms with Gasteiger partial charge in [0.2, 0.25) is 5.91 Å². The average Bonchev–Trinajstić information content (AvgIpc) is 2.65. The highest BCUT2D eigenvalue weighted by molar-refractivity contribution is 6.31. The molecule has 26 heavy (non-hydrogen) atoms. The number of benzene rings is 2. The van der Waals surface area contributed by atoms with Crippen molar-refractivity contribution in [1.82, 2.24) is 0 Å². The number of rotatable bonds is 9. The molecule has 0 bridgehead atoms. The molecule has 0 radical (unpaired) electrons. The number of carbonyl (C=O) groups is 2. The number of anilines is 1. The predicted molar refractivity (Wildman–Crippen MR) is 102 cm³/mol. The molecule has 0 heterocycles. The van der Waals surface area contributed by atoms with Gasteiger partial charge in [0, 0.05) is 23.6 Å². The van der Waals surface area contributed by atoms with E-state index in [1.54, 1.807) is 42.5 Å². The number of halogens is 1. The van der Waals surface area contributed by atoms with Crippen molar-refractivity contribution in [1.29, 1.82) is 0 Å². The molecule has 0 aliphatic heterocycles. The van der Waals surface area contributed by atoms with Crippen LogP contribution in [0.2, 0.25) is 5.02 Å². The van der Waals surface area contributed by atoms with Crippen LogP contribution < -0.4 is 14.8 Å². The SMILES string of the molecule is CCCOc1ccc(NC(=O)CCC(=O)c2cc(Cl)ccc2OC)cc1. The molecular weight excluding hydrogens is 354 g/mol. The molecule has 0 aliphatic rings. The lowest BCUT2D eigenvalue weighted by Crippen LogP contribution is -2.13. The second-order valence-electron chi connectivity index (χ2n) is 5.69. The van der Waals surface area contributed by atoms with E-state index in [1.807, 2.05) is 6.92 Å². The fourth-order valence-electron chi connectivity index (χ4n) is 2.34. The van der Waals surface area contributed by atoms with Crippen LogP contribution in [-0.4, -0.2) is 25.4 Å². The molecule has 2 rings (SSSR count). The van der Waals surface area contributed by atoms with Crippen molar-refractivity contribution < 1.29 is 19.1 Å². The average molecular weight is 376 g/mol. The Morgan fingerprint density at radius 2 is 1.81 bits per heavy atom. The summed E-state index contributed by atoms with van der Waals surface area (Å²) in [6, 6.07) is 12.0. The van der Waals surface area contributed by atoms with Crippen LogP contribution in [0.25, 0.3) is 0 Å². The molecular formula is C20H22ClNO4. The minimum absolute atomic E-state index is 0.0697. The third kappa shape index (κ3) is 5.77. The van der Waals surface area contributed by atoms with Crippen LogP contribution in [0.5, 0.6) is 11.5 Å². The van der Waals surface area contributed by atoms with E-state index in [0.717, 1.165) is 12.2 Å². The molecule has 0 saturated carbocycles. The Balaban J connectivity index is 1.88. The minimum Gasteiger partial charge on any atom is -0.496 e. The second kappa shape index (κ2) is 9.82. The first-order valence-electron chi connectivity index (χ1n) is 8.43. The number of carbonyl (C=O) groups excluding carboxylic acids is 2. The summed E-state index contributed by atoms with van der Waals surface area (Å²) < 4.78 is 10.7. The number of amides is 1. The Kier molecular flexibility index (Phi) is 7.48. The largest absolute Gasteiger partial charge is 0.496 e. The lowest BCUT2D eigenvalue weighted by Gasteiger charge is -2.09. The lowest BCUT2D eigenvalue weighted by molar-refractivity contribution is -0.116. The van der Waals surface area contributed by atoms with E-state index < -0.39 is 0 Å². The summed E-state index contributed by atoms with van der Waals surface area (Å²) in [4.78, 5) is 24.4. The van der Waals surface area contributed by atoms with Crippen molar-refractivity contribution >= 4 is 29.0 Å². The van der Waals surface area contributed by atoms with E-state index in [-0.39, 0.29) is 24.5 Å². The number of hydrogen-bond acceptors (Lipinski definition) is 4. The standard InChI is InChI=1S/C20H22ClNO4/c1-3-12-26-16-7-5-15(6-8-16)22-20(24)11-9-18(23)17-13-14(21)4-10-19(17)25-2/h4-8,10,13H,3,9,11-12H2,1-2H3,(H,22,24). The van der Waals surface area contributed by atoms with Gasteiger partial charge in [-0.1, -0.05) is 18.5 Å². The first kappa shape index (κ1) is 19.8. The molecule has 0 spiro atoms. The highest BCUT2D eigenvalue weighted by atomic mass is 35.5. The zero-order valence-electron chi connectivity index (χ0n) is 14.9. The molecule has 0 saturated heterocycles. The number of ether oxygens (including phenoxy) is 2. The van der Waals surface area contributed by atoms with Crippen LogP contribution in [-0.2, 0) is 4.79 Å². The van der Waals surface area contributed by atoms with Crippen LogP contribution in [0.1, 0.15) is 36.5 Å². The van der Waals surface area contributed by atoms with Gasteiger partial charge in [-0.05, 0) is 48.9 Å². The third-order valence-electron chi connectivity index (χ3n) is 3.65. The van der Waals surface area contributed by atoms with Gasteiger partial charge in [-0.2, -0.15) is 0 Å². The smallest absolute Gasteiger partial charge is 0.224 e. The van der Waals surface area contributed by atoms with Crippen LogP contribution in [0.4, 0.5) is 5.69 Å². The maximum Gasteiger partial charge on any atom is 0.224 e. The topological polar surface area (TPSA) is 64.6 Å². The summed E-state index contributed by atoms with van der Waals surface area (Å²) in [6.07, 6.45) is 1.08. The second-order valence-corrected chi connectivity index (χ2v) is 6.13. The number of hydrogen-bond donors (Lipinski definition) is 1. The summed E-state index contributed by atoms with van der Waals surface area (Å²) in [6.45, 7) is 2.69. The molecule has 0 atom stereocenters. The van der Waals surface area contributed by atoms with Gasteiger partial charge in [-0.3, -0.25) is 9.59 Å². The number of Topliss-reactive ketones (excluding diaryl/α,β-unsaturated/α-hetero) is 1. The van der Waals surface area contributed by atoms with Crippen LogP contribution in [0.3, 0.4) is 0 Å². The van der Waals surface area contributed by atoms with Gasteiger partial charge >= 0.3 is 0 Å². The molecule has 1 N–H and O–H groups in total. The van der Waals surface area contributed by atoms with E-state index in [2.05, 4.69) is 5.32 Å². The highest BCUT2D eigenvalue weighted by Gasteiger charge is 2.14. The maximum atomic E-state index is 12.3. The molecule has 2 aromatic rings. The monoisotopic (exact) mass is 375 g/mol. The number of ketones is 1. The zero-order chi connectivity index (χ0) is 18.9. The molecule has 0 aliphatic carbocycles. The molecule has 5 nitrogen and oxygen atoms in total. The van der Waals surface area contributed by atoms with Crippen molar-refractivity contribution in [2.75, 3.05) is 19.0 Å². The van der Waals surface area contributed by atoms with Crippen molar-refractivity contribution in [3.8, 4) is 11.5 Å². The summed E-state index contributed by atoms with van der Waals surface area (Å²) in [5, 5.41) is 3.22. The summed E-state index contributed by atoms with van der Waals surface area (Å²) >= 11 is 5.94. The molecule has 6 heteroatoms. The minimum atomic E-state index is -0.235. The van der Waals surface area contributed by atoms with Crippen LogP contribution in [0.15, 0.2) is 42.5 Å². The lowest BCUT2D eigenvalue weighted by atomic mass is 10.1. The Bertz CT molecular complexity index is 759. The first-order valence-corrected chi connectivity index (χ1v) is 8.80. The Morgan fingerprint density at radius 3 is 2.46 bits per heavy atom. The van der Waals surface area contributed by atoms with Gasteiger partial charge < -0.3 is 14.8 Å². The van der Waals surface area contributed by atoms with E-state index >= 15 is 0 Å². The Hall–Kier alpha value is -2.53. The van der Waals surface area contributed by atoms with E-state index in [4.69, 9.17) is 21.1 Å². The predicted octanol–water partition coefficient (Wildman–Crippen LogP) is 4.74. The van der Waals surface area contributed by atoms with Gasteiger partial charge in [0.25, 0.3) is 0 Å². The van der Waals surface area contributed by atoms with Gasteiger partial charge in [0.1, 0.15) is 11.5 Å². The molecule has 0 aromatic heterocycles. The number of nitrogens with one attached hydrogen (secondary N) is 1. The Labute approximate surface area is 158 Å². The van der Waals surface area contributed by atoms with Crippen LogP contribution in [0, 0.1) is 0 Å².